The summed E-state index contributed by atoms with van der Waals surface area (Å²) in [4.78, 5) is 28.4. The molecular weight excluding hydrogens is 354 g/mol. The van der Waals surface area contributed by atoms with E-state index in [1.54, 1.807) is 9.80 Å². The van der Waals surface area contributed by atoms with Gasteiger partial charge in [0.1, 0.15) is 5.60 Å². The molecule has 1 heterocycles. The van der Waals surface area contributed by atoms with Crippen molar-refractivity contribution in [3.63, 3.8) is 0 Å². The summed E-state index contributed by atoms with van der Waals surface area (Å²) in [5, 5.41) is 5.46. The number of ether oxygens (including phenoxy) is 1. The van der Waals surface area contributed by atoms with Gasteiger partial charge in [0.25, 0.3) is 0 Å². The molecule has 6 heteroatoms. The van der Waals surface area contributed by atoms with Crippen LogP contribution in [0.4, 0.5) is 15.3 Å². The number of anilines is 1. The molecular formula is C22H27N3O3. The predicted octanol–water partition coefficient (Wildman–Crippen LogP) is 4.02. The number of carbonyl (C=O) groups excluding carboxylic acids is 2. The molecule has 0 spiro atoms. The van der Waals surface area contributed by atoms with Crippen molar-refractivity contribution in [1.82, 2.24) is 9.80 Å². The highest BCUT2D eigenvalue weighted by Gasteiger charge is 2.28. The van der Waals surface area contributed by atoms with Gasteiger partial charge in [-0.1, -0.05) is 24.3 Å². The molecule has 1 aliphatic carbocycles. The first-order chi connectivity index (χ1) is 13.3. The summed E-state index contributed by atoms with van der Waals surface area (Å²) in [6.07, 6.45) is 1.81. The predicted molar refractivity (Wildman–Crippen MR) is 110 cm³/mol. The minimum atomic E-state index is -0.513. The second kappa shape index (κ2) is 7.00. The molecule has 0 bridgehead atoms. The first-order valence-electron chi connectivity index (χ1n) is 9.89. The van der Waals surface area contributed by atoms with Gasteiger partial charge in [-0.3, -0.25) is 0 Å². The molecule has 0 atom stereocenters. The van der Waals surface area contributed by atoms with Gasteiger partial charge in [-0.15, -0.1) is 0 Å². The van der Waals surface area contributed by atoms with Crippen LogP contribution in [0.25, 0.3) is 10.8 Å². The van der Waals surface area contributed by atoms with E-state index in [0.717, 1.165) is 23.9 Å². The van der Waals surface area contributed by atoms with E-state index in [1.165, 1.54) is 16.5 Å². The van der Waals surface area contributed by atoms with Crippen molar-refractivity contribution >= 4 is 28.6 Å². The highest BCUT2D eigenvalue weighted by atomic mass is 16.6. The molecule has 0 saturated carbocycles. The Bertz CT molecular complexity index is 914. The van der Waals surface area contributed by atoms with Gasteiger partial charge in [-0.2, -0.15) is 0 Å². The summed E-state index contributed by atoms with van der Waals surface area (Å²) in [5.41, 5.74) is 3.05. The number of aryl methyl sites for hydroxylation is 2. The minimum absolute atomic E-state index is 0.123. The topological polar surface area (TPSA) is 61.9 Å². The normalized spacial score (nSPS) is 16.4. The number of hydrogen-bond acceptors (Lipinski definition) is 3. The van der Waals surface area contributed by atoms with Crippen molar-refractivity contribution in [3.05, 3.63) is 41.5 Å². The van der Waals surface area contributed by atoms with Gasteiger partial charge < -0.3 is 19.9 Å². The van der Waals surface area contributed by atoms with Crippen LogP contribution >= 0.6 is 0 Å². The maximum Gasteiger partial charge on any atom is 0.410 e. The number of rotatable bonds is 1. The Morgan fingerprint density at radius 3 is 2.25 bits per heavy atom. The second-order valence-corrected chi connectivity index (χ2v) is 8.50. The van der Waals surface area contributed by atoms with Gasteiger partial charge in [0.15, 0.2) is 0 Å². The van der Waals surface area contributed by atoms with E-state index >= 15 is 0 Å². The first-order valence-corrected chi connectivity index (χ1v) is 9.89. The summed E-state index contributed by atoms with van der Waals surface area (Å²) in [5.74, 6) is 0. The smallest absolute Gasteiger partial charge is 0.410 e. The van der Waals surface area contributed by atoms with Crippen LogP contribution in [0.5, 0.6) is 0 Å². The molecule has 0 aromatic heterocycles. The van der Waals surface area contributed by atoms with Crippen molar-refractivity contribution in [1.29, 1.82) is 0 Å². The van der Waals surface area contributed by atoms with Crippen LogP contribution in [0.2, 0.25) is 0 Å². The second-order valence-electron chi connectivity index (χ2n) is 8.50. The van der Waals surface area contributed by atoms with Crippen molar-refractivity contribution < 1.29 is 14.3 Å². The highest BCUT2D eigenvalue weighted by Crippen LogP contribution is 2.35. The van der Waals surface area contributed by atoms with Crippen LogP contribution in [0.15, 0.2) is 30.3 Å². The number of hydrogen-bond donors (Lipinski definition) is 1. The van der Waals surface area contributed by atoms with E-state index in [1.807, 2.05) is 26.8 Å². The van der Waals surface area contributed by atoms with Crippen LogP contribution in [0.1, 0.15) is 31.9 Å². The van der Waals surface area contributed by atoms with E-state index in [-0.39, 0.29) is 12.1 Å². The maximum absolute atomic E-state index is 12.8. The Morgan fingerprint density at radius 1 is 0.929 bits per heavy atom. The quantitative estimate of drug-likeness (QED) is 0.811. The monoisotopic (exact) mass is 381 g/mol. The van der Waals surface area contributed by atoms with Crippen molar-refractivity contribution in [2.24, 2.45) is 0 Å². The molecule has 2 aromatic rings. The van der Waals surface area contributed by atoms with E-state index in [9.17, 15) is 9.59 Å². The number of urea groups is 1. The van der Waals surface area contributed by atoms with Crippen molar-refractivity contribution in [2.45, 2.75) is 39.2 Å². The SMILES string of the molecule is CC(C)(C)OC(=O)N1CCN(C(=O)Nc2ccc3c4c(cccc24)CC3)CC1. The fourth-order valence-electron chi connectivity index (χ4n) is 3.97. The van der Waals surface area contributed by atoms with Crippen molar-refractivity contribution in [2.75, 3.05) is 31.5 Å². The van der Waals surface area contributed by atoms with E-state index < -0.39 is 5.60 Å². The van der Waals surface area contributed by atoms with Crippen LogP contribution < -0.4 is 5.32 Å². The van der Waals surface area contributed by atoms with E-state index in [4.69, 9.17) is 4.74 Å². The molecule has 1 fully saturated rings. The first kappa shape index (κ1) is 18.6. The van der Waals surface area contributed by atoms with Gasteiger partial charge in [-0.25, -0.2) is 9.59 Å². The lowest BCUT2D eigenvalue weighted by atomic mass is 10.0. The van der Waals surface area contributed by atoms with Gasteiger partial charge >= 0.3 is 12.1 Å². The number of amides is 3. The lowest BCUT2D eigenvalue weighted by Crippen LogP contribution is -2.52. The van der Waals surface area contributed by atoms with Gasteiger partial charge in [0, 0.05) is 31.6 Å². The zero-order valence-electron chi connectivity index (χ0n) is 16.7. The van der Waals surface area contributed by atoms with E-state index in [0.29, 0.717) is 26.2 Å². The summed E-state index contributed by atoms with van der Waals surface area (Å²) >= 11 is 0. The molecule has 0 unspecified atom stereocenters. The Morgan fingerprint density at radius 2 is 1.57 bits per heavy atom. The highest BCUT2D eigenvalue weighted by molar-refractivity contribution is 6.04. The summed E-state index contributed by atoms with van der Waals surface area (Å²) in [7, 11) is 0. The van der Waals surface area contributed by atoms with Crippen LogP contribution in [-0.4, -0.2) is 53.7 Å². The van der Waals surface area contributed by atoms with Crippen LogP contribution in [0.3, 0.4) is 0 Å². The molecule has 2 aliphatic rings. The number of nitrogens with one attached hydrogen (secondary N) is 1. The third-order valence-electron chi connectivity index (χ3n) is 5.34. The van der Waals surface area contributed by atoms with E-state index in [2.05, 4.69) is 29.6 Å². The standard InChI is InChI=1S/C22H27N3O3/c1-22(2,3)28-21(27)25-13-11-24(12-14-25)20(26)23-18-10-9-16-8-7-15-5-4-6-17(18)19(15)16/h4-6,9-10H,7-8,11-14H2,1-3H3,(H,23,26). The number of benzene rings is 2. The van der Waals surface area contributed by atoms with Crippen molar-refractivity contribution in [3.8, 4) is 0 Å². The molecule has 2 aromatic carbocycles. The number of carbonyl (C=O) groups is 2. The zero-order chi connectivity index (χ0) is 19.9. The Hall–Kier alpha value is -2.76. The molecule has 3 amide bonds. The molecule has 148 valence electrons. The third-order valence-corrected chi connectivity index (χ3v) is 5.34. The fourth-order valence-corrected chi connectivity index (χ4v) is 3.97. The van der Waals surface area contributed by atoms with Gasteiger partial charge in [-0.05, 0) is 56.2 Å². The summed E-state index contributed by atoms with van der Waals surface area (Å²) < 4.78 is 5.41. The Kier molecular flexibility index (Phi) is 4.65. The molecule has 1 N–H and O–H groups in total. The summed E-state index contributed by atoms with van der Waals surface area (Å²) in [6, 6.07) is 10.3. The fraction of sp³-hybridized carbons (Fsp3) is 0.455. The van der Waals surface area contributed by atoms with Crippen LogP contribution in [0, 0.1) is 0 Å². The minimum Gasteiger partial charge on any atom is -0.444 e. The lowest BCUT2D eigenvalue weighted by Gasteiger charge is -2.35. The van der Waals surface area contributed by atoms with Crippen LogP contribution in [-0.2, 0) is 17.6 Å². The third kappa shape index (κ3) is 3.63. The summed E-state index contributed by atoms with van der Waals surface area (Å²) in [6.45, 7) is 7.50. The van der Waals surface area contributed by atoms with Gasteiger partial charge in [0.2, 0.25) is 0 Å². The molecule has 1 saturated heterocycles. The molecule has 6 nitrogen and oxygen atoms in total. The molecule has 0 radical (unpaired) electrons. The number of piperazine rings is 1. The molecule has 28 heavy (non-hydrogen) atoms. The molecule has 1 aliphatic heterocycles. The Labute approximate surface area is 165 Å². The molecule has 4 rings (SSSR count). The largest absolute Gasteiger partial charge is 0.444 e. The average Bonchev–Trinajstić information content (AvgIpc) is 3.07. The average molecular weight is 381 g/mol. The lowest BCUT2D eigenvalue weighted by molar-refractivity contribution is 0.0174. The number of nitrogens with zero attached hydrogens (tertiary/aromatic N) is 2. The zero-order valence-corrected chi connectivity index (χ0v) is 16.7. The Balaban J connectivity index is 1.41. The maximum atomic E-state index is 12.8. The van der Waals surface area contributed by atoms with Gasteiger partial charge in [0.05, 0.1) is 5.69 Å².